The van der Waals surface area contributed by atoms with Crippen molar-refractivity contribution in [2.45, 2.75) is 38.5 Å². The molecule has 21 heavy (non-hydrogen) atoms. The third-order valence-corrected chi connectivity index (χ3v) is 3.49. The third-order valence-electron chi connectivity index (χ3n) is 3.49. The minimum Gasteiger partial charge on any atom is -0.299 e. The van der Waals surface area contributed by atoms with Crippen molar-refractivity contribution in [1.29, 1.82) is 0 Å². The highest BCUT2D eigenvalue weighted by atomic mass is 19.4. The number of benzene rings is 1. The van der Waals surface area contributed by atoms with E-state index in [1.807, 2.05) is 0 Å². The summed E-state index contributed by atoms with van der Waals surface area (Å²) in [6.45, 7) is -0.987. The molecule has 1 fully saturated rings. The molecule has 1 aliphatic rings. The molecule has 114 valence electrons. The normalized spacial score (nSPS) is 17.3. The van der Waals surface area contributed by atoms with E-state index < -0.39 is 18.4 Å². The lowest BCUT2D eigenvalue weighted by Crippen LogP contribution is -2.24. The SMILES string of the molecule is O=C1CC(=O)CC(Cc2cc(CF)cc(C(F)(F)F)c2)C1. The fourth-order valence-electron chi connectivity index (χ4n) is 2.68. The molecule has 2 rings (SSSR count). The van der Waals surface area contributed by atoms with Gasteiger partial charge in [-0.2, -0.15) is 13.2 Å². The molecule has 0 aromatic heterocycles. The molecule has 0 spiro atoms. The number of hydrogen-bond acceptors (Lipinski definition) is 2. The predicted octanol–water partition coefficient (Wildman–Crippen LogP) is 3.66. The van der Waals surface area contributed by atoms with Crippen molar-refractivity contribution < 1.29 is 27.2 Å². The smallest absolute Gasteiger partial charge is 0.299 e. The first-order valence-electron chi connectivity index (χ1n) is 6.57. The van der Waals surface area contributed by atoms with Crippen molar-refractivity contribution in [3.63, 3.8) is 0 Å². The summed E-state index contributed by atoms with van der Waals surface area (Å²) < 4.78 is 51.0. The van der Waals surface area contributed by atoms with Crippen LogP contribution in [0.5, 0.6) is 0 Å². The molecule has 1 aromatic carbocycles. The highest BCUT2D eigenvalue weighted by Gasteiger charge is 2.32. The number of rotatable bonds is 3. The van der Waals surface area contributed by atoms with Gasteiger partial charge in [0.15, 0.2) is 0 Å². The summed E-state index contributed by atoms with van der Waals surface area (Å²) in [6.07, 6.45) is -4.08. The van der Waals surface area contributed by atoms with E-state index in [9.17, 15) is 27.2 Å². The van der Waals surface area contributed by atoms with Gasteiger partial charge in [-0.15, -0.1) is 0 Å². The Bertz CT molecular complexity index is 547. The van der Waals surface area contributed by atoms with E-state index in [0.717, 1.165) is 12.1 Å². The molecule has 1 aliphatic carbocycles. The summed E-state index contributed by atoms with van der Waals surface area (Å²) in [5.74, 6) is -0.669. The maximum atomic E-state index is 12.8. The summed E-state index contributed by atoms with van der Waals surface area (Å²) in [4.78, 5) is 22.7. The van der Waals surface area contributed by atoms with Crippen LogP contribution in [0.3, 0.4) is 0 Å². The van der Waals surface area contributed by atoms with E-state index in [1.165, 1.54) is 6.07 Å². The maximum Gasteiger partial charge on any atom is 0.416 e. The standard InChI is InChI=1S/C15H14F4O2/c16-8-11-2-9(3-12(4-11)15(17,18)19)1-10-5-13(20)7-14(21)6-10/h2-4,10H,1,5-8H2. The van der Waals surface area contributed by atoms with Gasteiger partial charge in [-0.25, -0.2) is 4.39 Å². The van der Waals surface area contributed by atoms with E-state index in [1.54, 1.807) is 0 Å². The summed E-state index contributed by atoms with van der Waals surface area (Å²) in [6, 6.07) is 3.10. The molecular formula is C15H14F4O2. The molecule has 6 heteroatoms. The second-order valence-corrected chi connectivity index (χ2v) is 5.40. The molecule has 0 radical (unpaired) electrons. The van der Waals surface area contributed by atoms with E-state index in [-0.39, 0.29) is 48.7 Å². The molecule has 0 atom stereocenters. The van der Waals surface area contributed by atoms with Gasteiger partial charge in [0.25, 0.3) is 0 Å². The van der Waals surface area contributed by atoms with Crippen LogP contribution in [0.4, 0.5) is 17.6 Å². The lowest BCUT2D eigenvalue weighted by atomic mass is 9.83. The van der Waals surface area contributed by atoms with Crippen LogP contribution in [0.1, 0.15) is 36.0 Å². The second kappa shape index (κ2) is 5.95. The topological polar surface area (TPSA) is 34.1 Å². The molecule has 0 saturated heterocycles. The van der Waals surface area contributed by atoms with Crippen LogP contribution in [0.15, 0.2) is 18.2 Å². The Kier molecular flexibility index (Phi) is 4.44. The van der Waals surface area contributed by atoms with Gasteiger partial charge in [-0.1, -0.05) is 6.07 Å². The number of alkyl halides is 4. The Morgan fingerprint density at radius 1 is 1.00 bits per heavy atom. The molecule has 0 bridgehead atoms. The second-order valence-electron chi connectivity index (χ2n) is 5.40. The summed E-state index contributed by atoms with van der Waals surface area (Å²) in [5, 5.41) is 0. The van der Waals surface area contributed by atoms with E-state index in [2.05, 4.69) is 0 Å². The highest BCUT2D eigenvalue weighted by Crippen LogP contribution is 2.32. The monoisotopic (exact) mass is 302 g/mol. The minimum absolute atomic E-state index is 0.0479. The lowest BCUT2D eigenvalue weighted by Gasteiger charge is -2.20. The molecule has 0 N–H and O–H groups in total. The number of halogens is 4. The highest BCUT2D eigenvalue weighted by molar-refractivity contribution is 6.01. The molecule has 0 unspecified atom stereocenters. The van der Waals surface area contributed by atoms with E-state index in [0.29, 0.717) is 5.56 Å². The molecule has 0 amide bonds. The van der Waals surface area contributed by atoms with Gasteiger partial charge in [0.1, 0.15) is 18.2 Å². The van der Waals surface area contributed by atoms with Crippen molar-refractivity contribution >= 4 is 11.6 Å². The van der Waals surface area contributed by atoms with Gasteiger partial charge in [0.05, 0.1) is 12.0 Å². The zero-order valence-electron chi connectivity index (χ0n) is 11.2. The van der Waals surface area contributed by atoms with Gasteiger partial charge in [0.2, 0.25) is 0 Å². The average molecular weight is 302 g/mol. The molecule has 2 nitrogen and oxygen atoms in total. The Hall–Kier alpha value is -1.72. The molecule has 1 aromatic rings. The van der Waals surface area contributed by atoms with Gasteiger partial charge in [-0.3, -0.25) is 9.59 Å². The third kappa shape index (κ3) is 4.12. The van der Waals surface area contributed by atoms with Gasteiger partial charge >= 0.3 is 6.18 Å². The predicted molar refractivity (Wildman–Crippen MR) is 67.3 cm³/mol. The Morgan fingerprint density at radius 2 is 1.57 bits per heavy atom. The van der Waals surface area contributed by atoms with Crippen molar-refractivity contribution in [1.82, 2.24) is 0 Å². The summed E-state index contributed by atoms with van der Waals surface area (Å²) >= 11 is 0. The number of carbonyl (C=O) groups excluding carboxylic acids is 2. The van der Waals surface area contributed by atoms with Crippen LogP contribution < -0.4 is 0 Å². The minimum atomic E-state index is -4.54. The number of carbonyl (C=O) groups is 2. The number of hydrogen-bond donors (Lipinski definition) is 0. The van der Waals surface area contributed by atoms with Crippen LogP contribution in [0.2, 0.25) is 0 Å². The molecule has 0 aliphatic heterocycles. The van der Waals surface area contributed by atoms with Crippen molar-refractivity contribution in [3.8, 4) is 0 Å². The zero-order valence-corrected chi connectivity index (χ0v) is 11.2. The van der Waals surface area contributed by atoms with Gasteiger partial charge < -0.3 is 0 Å². The van der Waals surface area contributed by atoms with Crippen molar-refractivity contribution in [2.24, 2.45) is 5.92 Å². The van der Waals surface area contributed by atoms with Crippen LogP contribution in [0.25, 0.3) is 0 Å². The van der Waals surface area contributed by atoms with E-state index in [4.69, 9.17) is 0 Å². The number of ketones is 2. The van der Waals surface area contributed by atoms with Crippen LogP contribution in [-0.4, -0.2) is 11.6 Å². The fraction of sp³-hybridized carbons (Fsp3) is 0.467. The van der Waals surface area contributed by atoms with Crippen LogP contribution >= 0.6 is 0 Å². The Labute approximate surface area is 119 Å². The zero-order chi connectivity index (χ0) is 15.6. The van der Waals surface area contributed by atoms with Crippen LogP contribution in [0, 0.1) is 5.92 Å². The quantitative estimate of drug-likeness (QED) is 0.631. The number of Topliss-reactive ketones (excluding diaryl/α,β-unsaturated/α-hetero) is 2. The first kappa shape index (κ1) is 15.7. The fourth-order valence-corrected chi connectivity index (χ4v) is 2.68. The maximum absolute atomic E-state index is 12.8. The first-order valence-corrected chi connectivity index (χ1v) is 6.57. The summed E-state index contributed by atoms with van der Waals surface area (Å²) in [5.41, 5.74) is -0.639. The molecule has 1 saturated carbocycles. The van der Waals surface area contributed by atoms with Crippen molar-refractivity contribution in [2.75, 3.05) is 0 Å². The lowest BCUT2D eigenvalue weighted by molar-refractivity contribution is -0.138. The Balaban J connectivity index is 2.23. The van der Waals surface area contributed by atoms with Crippen LogP contribution in [-0.2, 0) is 28.9 Å². The Morgan fingerprint density at radius 3 is 2.10 bits per heavy atom. The average Bonchev–Trinajstić information content (AvgIpc) is 2.36. The van der Waals surface area contributed by atoms with Gasteiger partial charge in [0, 0.05) is 12.8 Å². The molecular weight excluding hydrogens is 288 g/mol. The largest absolute Gasteiger partial charge is 0.416 e. The first-order chi connectivity index (χ1) is 9.77. The molecule has 0 heterocycles. The van der Waals surface area contributed by atoms with E-state index >= 15 is 0 Å². The summed E-state index contributed by atoms with van der Waals surface area (Å²) in [7, 11) is 0. The van der Waals surface area contributed by atoms with Crippen molar-refractivity contribution in [3.05, 3.63) is 34.9 Å². The van der Waals surface area contributed by atoms with Gasteiger partial charge in [-0.05, 0) is 35.6 Å².